The van der Waals surface area contributed by atoms with Crippen LogP contribution in [0.15, 0.2) is 24.5 Å². The highest BCUT2D eigenvalue weighted by Gasteiger charge is 2.45. The molecule has 1 amide bonds. The zero-order chi connectivity index (χ0) is 16.2. The van der Waals surface area contributed by atoms with E-state index in [1.165, 1.54) is 5.56 Å². The first-order valence-electron chi connectivity index (χ1n) is 8.15. The molecule has 3 heterocycles. The van der Waals surface area contributed by atoms with Crippen molar-refractivity contribution in [1.82, 2.24) is 14.8 Å². The molecular formula is C17H25N3O3. The minimum atomic E-state index is 0.0859. The number of amides is 1. The van der Waals surface area contributed by atoms with Gasteiger partial charge in [-0.1, -0.05) is 0 Å². The van der Waals surface area contributed by atoms with Crippen LogP contribution in [-0.4, -0.2) is 73.3 Å². The molecule has 2 fully saturated rings. The summed E-state index contributed by atoms with van der Waals surface area (Å²) in [5.74, 6) is 0.458. The van der Waals surface area contributed by atoms with E-state index in [1.807, 2.05) is 29.4 Å². The Bertz CT molecular complexity index is 525. The maximum absolute atomic E-state index is 12.3. The molecule has 0 spiro atoms. The zero-order valence-electron chi connectivity index (χ0n) is 13.9. The molecule has 0 aliphatic carbocycles. The molecule has 23 heavy (non-hydrogen) atoms. The van der Waals surface area contributed by atoms with E-state index in [9.17, 15) is 4.79 Å². The highest BCUT2D eigenvalue weighted by atomic mass is 16.5. The zero-order valence-corrected chi connectivity index (χ0v) is 13.9. The number of fused-ring (bicyclic) bond motifs is 1. The van der Waals surface area contributed by atoms with Crippen LogP contribution >= 0.6 is 0 Å². The molecule has 1 aromatic heterocycles. The van der Waals surface area contributed by atoms with Crippen LogP contribution in [0.25, 0.3) is 0 Å². The maximum atomic E-state index is 12.3. The van der Waals surface area contributed by atoms with Crippen molar-refractivity contribution in [3.8, 4) is 0 Å². The molecule has 0 saturated carbocycles. The van der Waals surface area contributed by atoms with Gasteiger partial charge in [-0.2, -0.15) is 0 Å². The molecule has 2 saturated heterocycles. The summed E-state index contributed by atoms with van der Waals surface area (Å²) in [7, 11) is 3.35. The summed E-state index contributed by atoms with van der Waals surface area (Å²) in [6.45, 7) is 3.65. The molecule has 0 N–H and O–H groups in total. The van der Waals surface area contributed by atoms with Gasteiger partial charge in [-0.25, -0.2) is 0 Å². The maximum Gasteiger partial charge on any atom is 0.248 e. The fourth-order valence-electron chi connectivity index (χ4n) is 3.92. The summed E-state index contributed by atoms with van der Waals surface area (Å²) in [4.78, 5) is 20.8. The lowest BCUT2D eigenvalue weighted by Crippen LogP contribution is -2.54. The number of carbonyl (C=O) groups is 1. The molecule has 0 unspecified atom stereocenters. The number of hydrogen-bond acceptors (Lipinski definition) is 5. The van der Waals surface area contributed by atoms with Crippen molar-refractivity contribution in [1.29, 1.82) is 0 Å². The van der Waals surface area contributed by atoms with E-state index in [0.717, 1.165) is 32.6 Å². The Kier molecular flexibility index (Phi) is 5.25. The summed E-state index contributed by atoms with van der Waals surface area (Å²) in [5, 5.41) is 0. The minimum absolute atomic E-state index is 0.0859. The number of rotatable bonds is 5. The Morgan fingerprint density at radius 2 is 2.09 bits per heavy atom. The van der Waals surface area contributed by atoms with Gasteiger partial charge < -0.3 is 14.4 Å². The van der Waals surface area contributed by atoms with Crippen LogP contribution in [0.2, 0.25) is 0 Å². The number of carbonyl (C=O) groups excluding carboxylic acids is 1. The van der Waals surface area contributed by atoms with Crippen LogP contribution in [0.5, 0.6) is 0 Å². The van der Waals surface area contributed by atoms with Gasteiger partial charge in [0, 0.05) is 58.7 Å². The summed E-state index contributed by atoms with van der Waals surface area (Å²) in [6, 6.07) is 4.31. The van der Waals surface area contributed by atoms with Crippen molar-refractivity contribution >= 4 is 5.91 Å². The Labute approximate surface area is 137 Å². The smallest absolute Gasteiger partial charge is 0.248 e. The lowest BCUT2D eigenvalue weighted by molar-refractivity contribution is -0.142. The third-order valence-corrected chi connectivity index (χ3v) is 4.99. The molecule has 3 rings (SSSR count). The number of methoxy groups -OCH3 is 2. The fraction of sp³-hybridized carbons (Fsp3) is 0.647. The second kappa shape index (κ2) is 7.38. The molecule has 0 bridgehead atoms. The lowest BCUT2D eigenvalue weighted by Gasteiger charge is -2.41. The monoisotopic (exact) mass is 319 g/mol. The summed E-state index contributed by atoms with van der Waals surface area (Å²) >= 11 is 0. The minimum Gasteiger partial charge on any atom is -0.381 e. The van der Waals surface area contributed by atoms with Crippen molar-refractivity contribution < 1.29 is 14.3 Å². The Morgan fingerprint density at radius 1 is 1.30 bits per heavy atom. The highest BCUT2D eigenvalue weighted by molar-refractivity contribution is 5.78. The van der Waals surface area contributed by atoms with Crippen LogP contribution in [0, 0.1) is 5.92 Å². The van der Waals surface area contributed by atoms with E-state index in [1.54, 1.807) is 14.2 Å². The normalized spacial score (nSPS) is 27.9. The van der Waals surface area contributed by atoms with Gasteiger partial charge in [0.05, 0.1) is 12.1 Å². The van der Waals surface area contributed by atoms with Crippen molar-refractivity contribution in [2.24, 2.45) is 5.92 Å². The molecule has 0 radical (unpaired) electrons. The number of pyridine rings is 1. The van der Waals surface area contributed by atoms with E-state index in [-0.39, 0.29) is 24.7 Å². The number of piperidine rings is 1. The van der Waals surface area contributed by atoms with E-state index in [0.29, 0.717) is 5.92 Å². The van der Waals surface area contributed by atoms with E-state index >= 15 is 0 Å². The topological polar surface area (TPSA) is 54.9 Å². The lowest BCUT2D eigenvalue weighted by atomic mass is 9.89. The average Bonchev–Trinajstić information content (AvgIpc) is 2.98. The van der Waals surface area contributed by atoms with Gasteiger partial charge in [0.25, 0.3) is 0 Å². The third kappa shape index (κ3) is 3.54. The molecule has 126 valence electrons. The van der Waals surface area contributed by atoms with Crippen LogP contribution < -0.4 is 0 Å². The number of ether oxygens (including phenoxy) is 2. The van der Waals surface area contributed by atoms with Crippen molar-refractivity contribution in [3.63, 3.8) is 0 Å². The first-order chi connectivity index (χ1) is 11.2. The first-order valence-corrected chi connectivity index (χ1v) is 8.15. The predicted molar refractivity (Wildman–Crippen MR) is 85.8 cm³/mol. The van der Waals surface area contributed by atoms with E-state index in [4.69, 9.17) is 9.47 Å². The summed E-state index contributed by atoms with van der Waals surface area (Å²) < 4.78 is 10.7. The van der Waals surface area contributed by atoms with Crippen molar-refractivity contribution in [2.45, 2.75) is 25.1 Å². The molecule has 2 aliphatic rings. The number of likely N-dealkylation sites (tertiary alicyclic amines) is 2. The van der Waals surface area contributed by atoms with Gasteiger partial charge in [0.1, 0.15) is 6.61 Å². The Hall–Kier alpha value is -1.50. The van der Waals surface area contributed by atoms with E-state index < -0.39 is 0 Å². The van der Waals surface area contributed by atoms with Gasteiger partial charge in [-0.3, -0.25) is 14.7 Å². The van der Waals surface area contributed by atoms with Crippen LogP contribution in [0.1, 0.15) is 12.0 Å². The predicted octanol–water partition coefficient (Wildman–Crippen LogP) is 0.776. The number of hydrogen-bond donors (Lipinski definition) is 0. The van der Waals surface area contributed by atoms with Gasteiger partial charge in [0.2, 0.25) is 5.91 Å². The van der Waals surface area contributed by atoms with Crippen LogP contribution in [-0.2, 0) is 20.8 Å². The Morgan fingerprint density at radius 3 is 2.78 bits per heavy atom. The molecule has 3 atom stereocenters. The molecule has 1 aromatic rings. The number of nitrogens with zero attached hydrogens (tertiary/aromatic N) is 3. The van der Waals surface area contributed by atoms with Gasteiger partial charge in [-0.15, -0.1) is 0 Å². The third-order valence-electron chi connectivity index (χ3n) is 4.99. The standard InChI is InChI=1S/C17H25N3O3/c1-22-12-17(21)20-8-5-16(23-2)14-10-19(11-15(14)20)9-13-3-6-18-7-4-13/h3-4,6-7,14-16H,5,8-12H2,1-2H3/t14-,15+,16+/m0/s1. The van der Waals surface area contributed by atoms with E-state index in [2.05, 4.69) is 9.88 Å². The van der Waals surface area contributed by atoms with Gasteiger partial charge in [0.15, 0.2) is 0 Å². The van der Waals surface area contributed by atoms with Gasteiger partial charge in [-0.05, 0) is 24.1 Å². The quantitative estimate of drug-likeness (QED) is 0.803. The largest absolute Gasteiger partial charge is 0.381 e. The van der Waals surface area contributed by atoms with Crippen molar-refractivity contribution in [3.05, 3.63) is 30.1 Å². The molecule has 2 aliphatic heterocycles. The fourth-order valence-corrected chi connectivity index (χ4v) is 3.92. The second-order valence-electron chi connectivity index (χ2n) is 6.36. The first kappa shape index (κ1) is 16.4. The molecular weight excluding hydrogens is 294 g/mol. The molecule has 6 heteroatoms. The Balaban J connectivity index is 1.71. The van der Waals surface area contributed by atoms with Crippen LogP contribution in [0.4, 0.5) is 0 Å². The summed E-state index contributed by atoms with van der Waals surface area (Å²) in [6.07, 6.45) is 4.78. The van der Waals surface area contributed by atoms with Crippen molar-refractivity contribution in [2.75, 3.05) is 40.5 Å². The average molecular weight is 319 g/mol. The van der Waals surface area contributed by atoms with Gasteiger partial charge >= 0.3 is 0 Å². The van der Waals surface area contributed by atoms with Crippen LogP contribution in [0.3, 0.4) is 0 Å². The number of aromatic nitrogens is 1. The molecule has 0 aromatic carbocycles. The highest BCUT2D eigenvalue weighted by Crippen LogP contribution is 2.33. The summed E-state index contributed by atoms with van der Waals surface area (Å²) in [5.41, 5.74) is 1.25. The SMILES string of the molecule is COCC(=O)N1CC[C@@H](OC)[C@H]2CN(Cc3ccncc3)C[C@H]21. The molecule has 6 nitrogen and oxygen atoms in total. The second-order valence-corrected chi connectivity index (χ2v) is 6.36.